The van der Waals surface area contributed by atoms with Crippen LogP contribution in [0.5, 0.6) is 5.88 Å². The molecule has 10 nitrogen and oxygen atoms in total. The third-order valence-corrected chi connectivity index (χ3v) is 4.35. The Labute approximate surface area is 155 Å². The Morgan fingerprint density at radius 2 is 2.15 bits per heavy atom. The van der Waals surface area contributed by atoms with Gasteiger partial charge in [-0.05, 0) is 18.6 Å². The van der Waals surface area contributed by atoms with Crippen molar-refractivity contribution in [2.24, 2.45) is 10.9 Å². The Morgan fingerprint density at radius 1 is 1.26 bits per heavy atom. The Morgan fingerprint density at radius 3 is 3.00 bits per heavy atom. The van der Waals surface area contributed by atoms with E-state index in [1.54, 1.807) is 18.7 Å². The molecule has 1 aromatic carbocycles. The van der Waals surface area contributed by atoms with Crippen LogP contribution in [-0.4, -0.2) is 38.7 Å². The van der Waals surface area contributed by atoms with Crippen molar-refractivity contribution < 1.29 is 4.84 Å². The highest BCUT2D eigenvalue weighted by Crippen LogP contribution is 2.14. The molecule has 0 radical (unpaired) electrons. The van der Waals surface area contributed by atoms with Crippen molar-refractivity contribution in [3.63, 3.8) is 0 Å². The van der Waals surface area contributed by atoms with Gasteiger partial charge in [0.1, 0.15) is 6.33 Å². The maximum Gasteiger partial charge on any atom is 0.257 e. The Kier molecular flexibility index (Phi) is 4.99. The van der Waals surface area contributed by atoms with Crippen LogP contribution in [0.1, 0.15) is 6.42 Å². The van der Waals surface area contributed by atoms with Gasteiger partial charge in [0, 0.05) is 37.2 Å². The molecule has 3 aromatic rings. The van der Waals surface area contributed by atoms with Gasteiger partial charge in [0.2, 0.25) is 0 Å². The molecule has 1 aliphatic heterocycles. The fourth-order valence-corrected chi connectivity index (χ4v) is 3.01. The number of H-pyrrole nitrogens is 1. The summed E-state index contributed by atoms with van der Waals surface area (Å²) in [6.07, 6.45) is 7.83. The molecular formula is C17H21N9O. The van der Waals surface area contributed by atoms with E-state index in [9.17, 15) is 0 Å². The lowest BCUT2D eigenvalue weighted by molar-refractivity contribution is 0.129. The van der Waals surface area contributed by atoms with E-state index in [1.165, 1.54) is 0 Å². The number of para-hydroxylation sites is 1. The zero-order valence-electron chi connectivity index (χ0n) is 14.6. The van der Waals surface area contributed by atoms with Crippen LogP contribution in [0.15, 0.2) is 60.4 Å². The molecule has 27 heavy (non-hydrogen) atoms. The highest BCUT2D eigenvalue weighted by molar-refractivity contribution is 5.36. The maximum atomic E-state index is 5.48. The molecule has 1 saturated heterocycles. The number of nitrogens with one attached hydrogen (secondary N) is 3. The topological polar surface area (TPSA) is 121 Å². The second-order valence-corrected chi connectivity index (χ2v) is 6.13. The lowest BCUT2D eigenvalue weighted by Gasteiger charge is -2.17. The summed E-state index contributed by atoms with van der Waals surface area (Å²) in [6.45, 7) is 1.59. The molecule has 0 aliphatic carbocycles. The molecule has 0 spiro atoms. The summed E-state index contributed by atoms with van der Waals surface area (Å²) in [5, 5.41) is 3.74. The number of aromatic amines is 1. The monoisotopic (exact) mass is 367 g/mol. The van der Waals surface area contributed by atoms with E-state index < -0.39 is 0 Å². The molecular weight excluding hydrogens is 346 g/mol. The first kappa shape index (κ1) is 17.1. The second-order valence-electron chi connectivity index (χ2n) is 6.13. The lowest BCUT2D eigenvalue weighted by atomic mass is 10.3. The smallest absolute Gasteiger partial charge is 0.257 e. The van der Waals surface area contributed by atoms with Crippen molar-refractivity contribution in [3.8, 4) is 11.6 Å². The molecule has 2 aromatic heterocycles. The normalized spacial score (nSPS) is 17.4. The van der Waals surface area contributed by atoms with Crippen molar-refractivity contribution in [2.75, 3.05) is 18.0 Å². The first-order valence-electron chi connectivity index (χ1n) is 8.63. The molecule has 10 heteroatoms. The fourth-order valence-electron chi connectivity index (χ4n) is 3.01. The molecule has 5 N–H and O–H groups in total. The predicted octanol–water partition coefficient (Wildman–Crippen LogP) is 0.0367. The number of hydrogen-bond acceptors (Lipinski definition) is 8. The van der Waals surface area contributed by atoms with Gasteiger partial charge in [-0.3, -0.25) is 0 Å². The maximum absolute atomic E-state index is 5.48. The minimum Gasteiger partial charge on any atom is -0.372 e. The van der Waals surface area contributed by atoms with Crippen LogP contribution in [0.25, 0.3) is 5.69 Å². The van der Waals surface area contributed by atoms with E-state index in [-0.39, 0.29) is 6.04 Å². The molecule has 1 atom stereocenters. The molecule has 4 rings (SSSR count). The average Bonchev–Trinajstić information content (AvgIpc) is 3.39. The third kappa shape index (κ3) is 3.91. The first-order chi connectivity index (χ1) is 13.3. The molecule has 0 unspecified atom stereocenters. The minimum absolute atomic E-state index is 0.189. The predicted molar refractivity (Wildman–Crippen MR) is 99.4 cm³/mol. The quantitative estimate of drug-likeness (QED) is 0.358. The van der Waals surface area contributed by atoms with Gasteiger partial charge in [0.05, 0.1) is 6.20 Å². The number of benzene rings is 1. The number of anilines is 1. The van der Waals surface area contributed by atoms with E-state index in [1.807, 2.05) is 41.1 Å². The van der Waals surface area contributed by atoms with E-state index in [0.717, 1.165) is 31.0 Å². The standard InChI is InChI=1S/C17H21N9O/c18-22-16-17(20-8-7-19-16)25-9-6-13(10-25)23-24-27-15-11-26(12-21-15)14-4-2-1-3-5-14/h1-5,7-8,11-13,23-24H,6,9-10,18H2,(H,19,22)/t13-/m0/s1. The first-order valence-corrected chi connectivity index (χ1v) is 8.63. The van der Waals surface area contributed by atoms with Crippen molar-refractivity contribution in [3.05, 3.63) is 60.7 Å². The SMILES string of the molecule is N/N=c1\[nH]ccnc1N1CC[C@H](NNOc2cn(-c3ccccc3)cn2)C1. The number of nitrogens with zero attached hydrogens (tertiary/aromatic N) is 5. The van der Waals surface area contributed by atoms with Crippen LogP contribution < -0.4 is 32.1 Å². The average molecular weight is 367 g/mol. The zero-order chi connectivity index (χ0) is 18.5. The van der Waals surface area contributed by atoms with Gasteiger partial charge in [0.25, 0.3) is 5.88 Å². The Hall–Kier alpha value is -3.37. The van der Waals surface area contributed by atoms with Crippen LogP contribution in [0.2, 0.25) is 0 Å². The Bertz CT molecular complexity index is 937. The number of nitrogens with two attached hydrogens (primary N) is 1. The summed E-state index contributed by atoms with van der Waals surface area (Å²) >= 11 is 0. The van der Waals surface area contributed by atoms with E-state index in [0.29, 0.717) is 11.4 Å². The van der Waals surface area contributed by atoms with Gasteiger partial charge in [-0.15, -0.1) is 0 Å². The van der Waals surface area contributed by atoms with E-state index >= 15 is 0 Å². The van der Waals surface area contributed by atoms with Gasteiger partial charge in [-0.1, -0.05) is 23.8 Å². The highest BCUT2D eigenvalue weighted by Gasteiger charge is 2.24. The van der Waals surface area contributed by atoms with E-state index in [2.05, 4.69) is 36.0 Å². The van der Waals surface area contributed by atoms with Crippen LogP contribution in [-0.2, 0) is 0 Å². The van der Waals surface area contributed by atoms with E-state index in [4.69, 9.17) is 10.7 Å². The summed E-state index contributed by atoms with van der Waals surface area (Å²) in [5.41, 5.74) is 7.52. The number of imidazole rings is 1. The van der Waals surface area contributed by atoms with Gasteiger partial charge >= 0.3 is 0 Å². The second kappa shape index (κ2) is 7.89. The number of hydrazine groups is 1. The van der Waals surface area contributed by atoms with Gasteiger partial charge in [-0.2, -0.15) is 5.10 Å². The Balaban J connectivity index is 1.29. The largest absolute Gasteiger partial charge is 0.372 e. The lowest BCUT2D eigenvalue weighted by Crippen LogP contribution is -2.44. The van der Waals surface area contributed by atoms with Gasteiger partial charge in [-0.25, -0.2) is 15.4 Å². The molecule has 1 fully saturated rings. The zero-order valence-corrected chi connectivity index (χ0v) is 14.6. The summed E-state index contributed by atoms with van der Waals surface area (Å²) in [7, 11) is 0. The summed E-state index contributed by atoms with van der Waals surface area (Å²) in [5.74, 6) is 6.63. The highest BCUT2D eigenvalue weighted by atomic mass is 16.7. The summed E-state index contributed by atoms with van der Waals surface area (Å²) in [6, 6.07) is 10.1. The van der Waals surface area contributed by atoms with Crippen LogP contribution in [0.4, 0.5) is 5.82 Å². The molecule has 0 amide bonds. The molecule has 140 valence electrons. The minimum atomic E-state index is 0.189. The van der Waals surface area contributed by atoms with Crippen molar-refractivity contribution in [1.29, 1.82) is 0 Å². The van der Waals surface area contributed by atoms with Crippen molar-refractivity contribution >= 4 is 5.82 Å². The van der Waals surface area contributed by atoms with Gasteiger partial charge < -0.3 is 25.1 Å². The molecule has 0 saturated carbocycles. The van der Waals surface area contributed by atoms with Crippen molar-refractivity contribution in [1.82, 2.24) is 30.5 Å². The molecule has 3 heterocycles. The number of aromatic nitrogens is 4. The van der Waals surface area contributed by atoms with Crippen LogP contribution >= 0.6 is 0 Å². The van der Waals surface area contributed by atoms with Gasteiger partial charge in [0.15, 0.2) is 11.3 Å². The molecule has 1 aliphatic rings. The number of rotatable bonds is 6. The van der Waals surface area contributed by atoms with Crippen molar-refractivity contribution in [2.45, 2.75) is 12.5 Å². The summed E-state index contributed by atoms with van der Waals surface area (Å²) in [4.78, 5) is 19.2. The van der Waals surface area contributed by atoms with Crippen LogP contribution in [0, 0.1) is 0 Å². The number of hydrogen-bond donors (Lipinski definition) is 4. The molecule has 0 bridgehead atoms. The fraction of sp³-hybridized carbons (Fsp3) is 0.235. The third-order valence-electron chi connectivity index (χ3n) is 4.35. The summed E-state index contributed by atoms with van der Waals surface area (Å²) < 4.78 is 1.89. The van der Waals surface area contributed by atoms with Crippen LogP contribution in [0.3, 0.4) is 0 Å².